The predicted octanol–water partition coefficient (Wildman–Crippen LogP) is 0.894. The van der Waals surface area contributed by atoms with Crippen molar-refractivity contribution in [1.82, 2.24) is 4.90 Å². The first-order valence-corrected chi connectivity index (χ1v) is 6.41. The number of carbonyl (C=O) groups excluding carboxylic acids is 1. The van der Waals surface area contributed by atoms with Crippen LogP contribution >= 0.6 is 12.6 Å². The van der Waals surface area contributed by atoms with Crippen molar-refractivity contribution in [3.8, 4) is 0 Å². The smallest absolute Gasteiger partial charge is 0.236 e. The zero-order valence-electron chi connectivity index (χ0n) is 9.11. The molecule has 1 spiro atoms. The quantitative estimate of drug-likeness (QED) is 0.690. The summed E-state index contributed by atoms with van der Waals surface area (Å²) in [5.74, 6) is 1.87. The van der Waals surface area contributed by atoms with E-state index in [-0.39, 0.29) is 12.5 Å². The first kappa shape index (κ1) is 11.3. The number of hydrogen-bond acceptors (Lipinski definition) is 3. The Bertz CT molecular complexity index is 259. The molecule has 0 aromatic carbocycles. The summed E-state index contributed by atoms with van der Waals surface area (Å²) in [5, 5.41) is 0. The molecule has 86 valence electrons. The van der Waals surface area contributed by atoms with E-state index in [9.17, 15) is 4.79 Å². The van der Waals surface area contributed by atoms with E-state index in [1.54, 1.807) is 0 Å². The minimum atomic E-state index is 0.112. The van der Waals surface area contributed by atoms with Crippen LogP contribution in [0.3, 0.4) is 0 Å². The Kier molecular flexibility index (Phi) is 3.26. The van der Waals surface area contributed by atoms with Crippen molar-refractivity contribution in [3.63, 3.8) is 0 Å². The molecule has 2 atom stereocenters. The molecule has 15 heavy (non-hydrogen) atoms. The lowest BCUT2D eigenvalue weighted by Crippen LogP contribution is -2.35. The molecular weight excluding hydrogens is 208 g/mol. The number of carbonyl (C=O) groups is 1. The van der Waals surface area contributed by atoms with Crippen molar-refractivity contribution in [2.24, 2.45) is 17.1 Å². The van der Waals surface area contributed by atoms with E-state index in [1.807, 2.05) is 4.90 Å². The van der Waals surface area contributed by atoms with Crippen molar-refractivity contribution in [2.45, 2.75) is 25.7 Å². The van der Waals surface area contributed by atoms with Gasteiger partial charge < -0.3 is 10.6 Å². The van der Waals surface area contributed by atoms with Gasteiger partial charge in [0.15, 0.2) is 0 Å². The standard InChI is InChI=1S/C11H20N2OS/c12-6-10(14)13-4-3-11(8-13)2-1-9(5-11)7-15/h9,15H,1-8,12H2. The summed E-state index contributed by atoms with van der Waals surface area (Å²) in [6, 6.07) is 0. The molecule has 2 aliphatic rings. The fourth-order valence-electron chi connectivity index (χ4n) is 3.13. The molecule has 1 saturated carbocycles. The Morgan fingerprint density at radius 3 is 2.93 bits per heavy atom. The van der Waals surface area contributed by atoms with Crippen LogP contribution in [0, 0.1) is 11.3 Å². The van der Waals surface area contributed by atoms with Crippen molar-refractivity contribution in [2.75, 3.05) is 25.4 Å². The zero-order valence-corrected chi connectivity index (χ0v) is 10.0. The molecule has 2 unspecified atom stereocenters. The van der Waals surface area contributed by atoms with Gasteiger partial charge in [0.05, 0.1) is 6.54 Å². The van der Waals surface area contributed by atoms with Gasteiger partial charge in [0.25, 0.3) is 0 Å². The zero-order chi connectivity index (χ0) is 10.9. The highest BCUT2D eigenvalue weighted by Gasteiger charge is 2.44. The van der Waals surface area contributed by atoms with Crippen LogP contribution in [0.15, 0.2) is 0 Å². The summed E-state index contributed by atoms with van der Waals surface area (Å²) in [7, 11) is 0. The largest absolute Gasteiger partial charge is 0.341 e. The molecule has 1 heterocycles. The molecule has 0 aromatic rings. The van der Waals surface area contributed by atoms with E-state index < -0.39 is 0 Å². The highest BCUT2D eigenvalue weighted by atomic mass is 32.1. The molecule has 4 heteroatoms. The van der Waals surface area contributed by atoms with Crippen LogP contribution in [-0.2, 0) is 4.79 Å². The van der Waals surface area contributed by atoms with Gasteiger partial charge in [-0.3, -0.25) is 4.79 Å². The van der Waals surface area contributed by atoms with Gasteiger partial charge in [-0.15, -0.1) is 0 Å². The van der Waals surface area contributed by atoms with Gasteiger partial charge >= 0.3 is 0 Å². The summed E-state index contributed by atoms with van der Waals surface area (Å²) < 4.78 is 0. The van der Waals surface area contributed by atoms with Crippen molar-refractivity contribution < 1.29 is 4.79 Å². The summed E-state index contributed by atoms with van der Waals surface area (Å²) >= 11 is 4.37. The third-order valence-electron chi connectivity index (χ3n) is 4.03. The maximum atomic E-state index is 11.5. The second-order valence-corrected chi connectivity index (χ2v) is 5.43. The number of nitrogens with zero attached hydrogens (tertiary/aromatic N) is 1. The van der Waals surface area contributed by atoms with Gasteiger partial charge in [-0.25, -0.2) is 0 Å². The van der Waals surface area contributed by atoms with E-state index in [4.69, 9.17) is 5.73 Å². The topological polar surface area (TPSA) is 46.3 Å². The molecule has 1 aliphatic heterocycles. The molecule has 0 bridgehead atoms. The second-order valence-electron chi connectivity index (χ2n) is 5.06. The van der Waals surface area contributed by atoms with Gasteiger partial charge in [-0.05, 0) is 42.8 Å². The van der Waals surface area contributed by atoms with E-state index >= 15 is 0 Å². The average Bonchev–Trinajstić information content (AvgIpc) is 2.86. The van der Waals surface area contributed by atoms with Crippen LogP contribution in [0.5, 0.6) is 0 Å². The van der Waals surface area contributed by atoms with E-state index in [0.717, 1.165) is 24.8 Å². The lowest BCUT2D eigenvalue weighted by molar-refractivity contribution is -0.129. The molecule has 3 nitrogen and oxygen atoms in total. The maximum Gasteiger partial charge on any atom is 0.236 e. The van der Waals surface area contributed by atoms with Gasteiger partial charge in [-0.1, -0.05) is 0 Å². The Hall–Kier alpha value is -0.220. The van der Waals surface area contributed by atoms with Crippen molar-refractivity contribution in [1.29, 1.82) is 0 Å². The maximum absolute atomic E-state index is 11.5. The number of nitrogens with two attached hydrogens (primary N) is 1. The fourth-order valence-corrected chi connectivity index (χ4v) is 3.44. The first-order valence-electron chi connectivity index (χ1n) is 5.78. The summed E-state index contributed by atoms with van der Waals surface area (Å²) in [6.07, 6.45) is 4.98. The van der Waals surface area contributed by atoms with Crippen LogP contribution in [0.4, 0.5) is 0 Å². The van der Waals surface area contributed by atoms with E-state index in [0.29, 0.717) is 5.41 Å². The van der Waals surface area contributed by atoms with Gasteiger partial charge in [0.2, 0.25) is 5.91 Å². The number of rotatable bonds is 2. The molecular formula is C11H20N2OS. The van der Waals surface area contributed by atoms with E-state index in [2.05, 4.69) is 12.6 Å². The monoisotopic (exact) mass is 228 g/mol. The molecule has 1 saturated heterocycles. The number of amides is 1. The third kappa shape index (κ3) is 2.16. The molecule has 0 radical (unpaired) electrons. The third-order valence-corrected chi connectivity index (χ3v) is 4.54. The first-order chi connectivity index (χ1) is 7.19. The van der Waals surface area contributed by atoms with Crippen molar-refractivity contribution in [3.05, 3.63) is 0 Å². The lowest BCUT2D eigenvalue weighted by atomic mass is 9.85. The summed E-state index contributed by atoms with van der Waals surface area (Å²) in [5.41, 5.74) is 5.80. The lowest BCUT2D eigenvalue weighted by Gasteiger charge is -2.23. The highest BCUT2D eigenvalue weighted by molar-refractivity contribution is 7.80. The molecule has 0 aromatic heterocycles. The van der Waals surface area contributed by atoms with Crippen LogP contribution in [0.2, 0.25) is 0 Å². The van der Waals surface area contributed by atoms with Gasteiger partial charge in [-0.2, -0.15) is 12.6 Å². The van der Waals surface area contributed by atoms with Gasteiger partial charge in [0.1, 0.15) is 0 Å². The van der Waals surface area contributed by atoms with Crippen LogP contribution in [0.25, 0.3) is 0 Å². The summed E-state index contributed by atoms with van der Waals surface area (Å²) in [6.45, 7) is 2.01. The summed E-state index contributed by atoms with van der Waals surface area (Å²) in [4.78, 5) is 13.4. The SMILES string of the molecule is NCC(=O)N1CCC2(CCC(CS)C2)C1. The molecule has 2 fully saturated rings. The average molecular weight is 228 g/mol. The van der Waals surface area contributed by atoms with Crippen LogP contribution in [-0.4, -0.2) is 36.2 Å². The van der Waals surface area contributed by atoms with E-state index in [1.165, 1.54) is 25.7 Å². The second kappa shape index (κ2) is 4.34. The fraction of sp³-hybridized carbons (Fsp3) is 0.909. The Morgan fingerprint density at radius 1 is 1.53 bits per heavy atom. The number of likely N-dealkylation sites (tertiary alicyclic amines) is 1. The molecule has 2 N–H and O–H groups in total. The highest BCUT2D eigenvalue weighted by Crippen LogP contribution is 2.48. The van der Waals surface area contributed by atoms with Gasteiger partial charge in [0, 0.05) is 13.1 Å². The Labute approximate surface area is 96.8 Å². The molecule has 2 rings (SSSR count). The number of thiol groups is 1. The molecule has 1 aliphatic carbocycles. The number of hydrogen-bond donors (Lipinski definition) is 2. The van der Waals surface area contributed by atoms with Crippen LogP contribution in [0.1, 0.15) is 25.7 Å². The van der Waals surface area contributed by atoms with Crippen molar-refractivity contribution >= 4 is 18.5 Å². The molecule has 1 amide bonds. The Balaban J connectivity index is 1.94. The minimum absolute atomic E-state index is 0.112. The minimum Gasteiger partial charge on any atom is -0.341 e. The Morgan fingerprint density at radius 2 is 2.33 bits per heavy atom. The predicted molar refractivity (Wildman–Crippen MR) is 63.9 cm³/mol. The normalized spacial score (nSPS) is 35.3. The van der Waals surface area contributed by atoms with Crippen LogP contribution < -0.4 is 5.73 Å².